The molecule has 0 saturated heterocycles. The van der Waals surface area contributed by atoms with E-state index in [-0.39, 0.29) is 11.6 Å². The van der Waals surface area contributed by atoms with Gasteiger partial charge in [-0.15, -0.1) is 0 Å². The lowest BCUT2D eigenvalue weighted by Gasteiger charge is -2.27. The van der Waals surface area contributed by atoms with Crippen molar-refractivity contribution in [2.45, 2.75) is 77.7 Å². The van der Waals surface area contributed by atoms with E-state index in [9.17, 15) is 4.79 Å². The molecule has 0 radical (unpaired) electrons. The lowest BCUT2D eigenvalue weighted by Crippen LogP contribution is -2.31. The number of carbonyl (C=O) groups excluding carboxylic acids is 1. The maximum Gasteiger partial charge on any atom is 0.334 e. The molecule has 0 N–H and O–H groups in total. The van der Waals surface area contributed by atoms with Crippen LogP contribution in [0.5, 0.6) is 0 Å². The molecule has 0 aromatic rings. The molecule has 2 fully saturated rings. The van der Waals surface area contributed by atoms with Crippen molar-refractivity contribution in [3.05, 3.63) is 11.1 Å². The second-order valence-electron chi connectivity index (χ2n) is 6.08. The summed E-state index contributed by atoms with van der Waals surface area (Å²) in [6, 6.07) is 0. The molecule has 2 aliphatic rings. The zero-order chi connectivity index (χ0) is 13.2. The minimum atomic E-state index is -0.0885. The highest BCUT2D eigenvalue weighted by atomic mass is 16.6. The summed E-state index contributed by atoms with van der Waals surface area (Å²) in [4.78, 5) is 12.4. The fourth-order valence-corrected chi connectivity index (χ4v) is 3.49. The summed E-state index contributed by atoms with van der Waals surface area (Å²) in [5, 5.41) is 0. The van der Waals surface area contributed by atoms with Crippen LogP contribution in [0.25, 0.3) is 0 Å². The number of allylic oxidation sites excluding steroid dienone is 1. The Morgan fingerprint density at radius 1 is 1.28 bits per heavy atom. The normalized spacial score (nSPS) is 31.4. The number of carbonyl (C=O) groups is 1. The fourth-order valence-electron chi connectivity index (χ4n) is 3.49. The topological polar surface area (TPSA) is 26.3 Å². The molecule has 2 heteroatoms. The Kier molecular flexibility index (Phi) is 4.14. The lowest BCUT2D eigenvalue weighted by molar-refractivity contribution is -0.154. The van der Waals surface area contributed by atoms with Crippen LogP contribution in [-0.2, 0) is 9.53 Å². The van der Waals surface area contributed by atoms with Gasteiger partial charge in [0.05, 0.1) is 0 Å². The second kappa shape index (κ2) is 5.46. The molecule has 0 amide bonds. The third kappa shape index (κ3) is 2.62. The van der Waals surface area contributed by atoms with Gasteiger partial charge in [-0.2, -0.15) is 0 Å². The lowest BCUT2D eigenvalue weighted by atomic mass is 9.96. The minimum Gasteiger partial charge on any atom is -0.456 e. The van der Waals surface area contributed by atoms with Crippen molar-refractivity contribution < 1.29 is 9.53 Å². The predicted molar refractivity (Wildman–Crippen MR) is 73.3 cm³/mol. The summed E-state index contributed by atoms with van der Waals surface area (Å²) >= 11 is 0. The average Bonchev–Trinajstić information content (AvgIpc) is 2.94. The fraction of sp³-hybridized carbons (Fsp3) is 0.812. The van der Waals surface area contributed by atoms with Gasteiger partial charge in [-0.05, 0) is 57.8 Å². The van der Waals surface area contributed by atoms with Gasteiger partial charge >= 0.3 is 5.97 Å². The quantitative estimate of drug-likeness (QED) is 0.534. The summed E-state index contributed by atoms with van der Waals surface area (Å²) in [5.41, 5.74) is 2.05. The molecule has 2 rings (SSSR count). The molecule has 0 heterocycles. The molecule has 0 unspecified atom stereocenters. The van der Waals surface area contributed by atoms with Gasteiger partial charge in [0.25, 0.3) is 0 Å². The van der Waals surface area contributed by atoms with Gasteiger partial charge < -0.3 is 4.74 Å². The first kappa shape index (κ1) is 13.6. The van der Waals surface area contributed by atoms with Crippen LogP contribution in [0.1, 0.15) is 72.1 Å². The molecule has 2 bridgehead atoms. The van der Waals surface area contributed by atoms with Crippen LogP contribution >= 0.6 is 0 Å². The number of ether oxygens (including phenoxy) is 1. The van der Waals surface area contributed by atoms with Gasteiger partial charge in [0.1, 0.15) is 5.60 Å². The summed E-state index contributed by atoms with van der Waals surface area (Å²) in [6.07, 6.45) is 8.63. The number of rotatable bonds is 5. The zero-order valence-corrected chi connectivity index (χ0v) is 12.1. The third-order valence-corrected chi connectivity index (χ3v) is 4.78. The highest BCUT2D eigenvalue weighted by Gasteiger charge is 2.48. The molecule has 102 valence electrons. The van der Waals surface area contributed by atoms with Crippen molar-refractivity contribution in [3.63, 3.8) is 0 Å². The first-order chi connectivity index (χ1) is 8.60. The van der Waals surface area contributed by atoms with Crippen LogP contribution in [0.3, 0.4) is 0 Å². The van der Waals surface area contributed by atoms with Gasteiger partial charge in [0.15, 0.2) is 0 Å². The Balaban J connectivity index is 2.06. The van der Waals surface area contributed by atoms with Gasteiger partial charge in [-0.1, -0.05) is 25.8 Å². The number of hydrogen-bond donors (Lipinski definition) is 0. The molecule has 18 heavy (non-hydrogen) atoms. The Morgan fingerprint density at radius 3 is 2.39 bits per heavy atom. The van der Waals surface area contributed by atoms with Gasteiger partial charge in [0, 0.05) is 5.57 Å². The van der Waals surface area contributed by atoms with E-state index in [1.807, 2.05) is 0 Å². The minimum absolute atomic E-state index is 0.0289. The molecule has 2 nitrogen and oxygen atoms in total. The Bertz CT molecular complexity index is 346. The molecule has 0 aromatic heterocycles. The van der Waals surface area contributed by atoms with E-state index in [1.165, 1.54) is 18.4 Å². The van der Waals surface area contributed by atoms with E-state index in [1.54, 1.807) is 0 Å². The Hall–Kier alpha value is -0.790. The molecule has 2 aliphatic carbocycles. The van der Waals surface area contributed by atoms with E-state index in [2.05, 4.69) is 20.8 Å². The number of fused-ring (bicyclic) bond motifs is 2. The predicted octanol–water partition coefficient (Wildman–Crippen LogP) is 4.39. The van der Waals surface area contributed by atoms with Crippen LogP contribution in [-0.4, -0.2) is 11.6 Å². The molecule has 0 spiro atoms. The van der Waals surface area contributed by atoms with Crippen LogP contribution < -0.4 is 0 Å². The summed E-state index contributed by atoms with van der Waals surface area (Å²) < 4.78 is 5.93. The summed E-state index contributed by atoms with van der Waals surface area (Å²) in [5.74, 6) is 0.794. The van der Waals surface area contributed by atoms with Crippen molar-refractivity contribution >= 4 is 5.97 Å². The van der Waals surface area contributed by atoms with E-state index < -0.39 is 0 Å². The average molecular weight is 250 g/mol. The summed E-state index contributed by atoms with van der Waals surface area (Å²) in [7, 11) is 0. The van der Waals surface area contributed by atoms with Crippen LogP contribution in [0.15, 0.2) is 11.1 Å². The van der Waals surface area contributed by atoms with Crippen molar-refractivity contribution in [3.8, 4) is 0 Å². The van der Waals surface area contributed by atoms with Crippen LogP contribution in [0.4, 0.5) is 0 Å². The standard InChI is InChI=1S/C16H26O2/c1-4-6-14(12(3)5-2)15(17)18-16-9-7-13(11-16)8-10-16/h13H,4-11H2,1-3H3/b14-12+. The van der Waals surface area contributed by atoms with Gasteiger partial charge in [0.2, 0.25) is 0 Å². The van der Waals surface area contributed by atoms with Crippen molar-refractivity contribution in [1.82, 2.24) is 0 Å². The molecular formula is C16H26O2. The van der Waals surface area contributed by atoms with Crippen LogP contribution in [0.2, 0.25) is 0 Å². The van der Waals surface area contributed by atoms with E-state index in [0.29, 0.717) is 0 Å². The van der Waals surface area contributed by atoms with Crippen molar-refractivity contribution in [2.75, 3.05) is 0 Å². The molecule has 2 saturated carbocycles. The molecule has 0 aliphatic heterocycles. The molecule has 0 aromatic carbocycles. The van der Waals surface area contributed by atoms with E-state index >= 15 is 0 Å². The largest absolute Gasteiger partial charge is 0.456 e. The first-order valence-corrected chi connectivity index (χ1v) is 7.52. The maximum absolute atomic E-state index is 12.4. The first-order valence-electron chi connectivity index (χ1n) is 7.52. The van der Waals surface area contributed by atoms with Crippen LogP contribution in [0, 0.1) is 5.92 Å². The van der Waals surface area contributed by atoms with E-state index in [0.717, 1.165) is 50.0 Å². The molecular weight excluding hydrogens is 224 g/mol. The highest BCUT2D eigenvalue weighted by molar-refractivity contribution is 5.89. The van der Waals surface area contributed by atoms with Gasteiger partial charge in [-0.25, -0.2) is 4.79 Å². The Labute approximate surface area is 111 Å². The smallest absolute Gasteiger partial charge is 0.334 e. The number of esters is 1. The van der Waals surface area contributed by atoms with Crippen molar-refractivity contribution in [1.29, 1.82) is 0 Å². The maximum atomic E-state index is 12.4. The number of hydrogen-bond acceptors (Lipinski definition) is 2. The third-order valence-electron chi connectivity index (χ3n) is 4.78. The zero-order valence-electron chi connectivity index (χ0n) is 12.1. The highest BCUT2D eigenvalue weighted by Crippen LogP contribution is 2.50. The Morgan fingerprint density at radius 2 is 1.94 bits per heavy atom. The van der Waals surface area contributed by atoms with Crippen molar-refractivity contribution in [2.24, 2.45) is 5.92 Å². The summed E-state index contributed by atoms with van der Waals surface area (Å²) in [6.45, 7) is 6.30. The van der Waals surface area contributed by atoms with E-state index in [4.69, 9.17) is 4.74 Å². The monoisotopic (exact) mass is 250 g/mol. The van der Waals surface area contributed by atoms with Gasteiger partial charge in [-0.3, -0.25) is 0 Å². The molecule has 0 atom stereocenters. The second-order valence-corrected chi connectivity index (χ2v) is 6.08. The SMILES string of the molecule is CCC/C(C(=O)OC12CCC(CC1)C2)=C(/C)CC.